The number of nitriles is 2. The fraction of sp³-hybridized carbons (Fsp3) is 0.0370. The standard InChI is InChI=1S/C27H17N5OS2/c28-14-18-25(17-8-2-1-3-9-17)19(15-29)27(31-26(18)30)34-16-24(33)32-20-10-4-6-12-22(20)35-23-13-7-5-11-21(23)32/h1-13H,16H2,(H2,30,31). The second kappa shape index (κ2) is 9.55. The number of fused-ring (bicyclic) bond motifs is 2. The molecule has 0 unspecified atom stereocenters. The van der Waals surface area contributed by atoms with Gasteiger partial charge in [-0.25, -0.2) is 4.98 Å². The van der Waals surface area contributed by atoms with Crippen LogP contribution in [-0.2, 0) is 4.79 Å². The Morgan fingerprint density at radius 3 is 2.06 bits per heavy atom. The summed E-state index contributed by atoms with van der Waals surface area (Å²) in [6, 6.07) is 28.9. The Balaban J connectivity index is 1.52. The summed E-state index contributed by atoms with van der Waals surface area (Å²) in [6.07, 6.45) is 0. The van der Waals surface area contributed by atoms with Gasteiger partial charge in [0.1, 0.15) is 28.5 Å². The summed E-state index contributed by atoms with van der Waals surface area (Å²) in [4.78, 5) is 21.6. The number of nitrogen functional groups attached to an aromatic ring is 1. The van der Waals surface area contributed by atoms with Crippen LogP contribution in [-0.4, -0.2) is 16.6 Å². The second-order valence-electron chi connectivity index (χ2n) is 7.57. The lowest BCUT2D eigenvalue weighted by molar-refractivity contribution is -0.115. The number of rotatable bonds is 4. The van der Waals surface area contributed by atoms with Crippen LogP contribution < -0.4 is 10.6 Å². The van der Waals surface area contributed by atoms with Gasteiger partial charge in [0.05, 0.1) is 22.7 Å². The van der Waals surface area contributed by atoms with Crippen LogP contribution in [0.15, 0.2) is 93.7 Å². The van der Waals surface area contributed by atoms with Gasteiger partial charge >= 0.3 is 0 Å². The number of nitrogens with two attached hydrogens (primary N) is 1. The summed E-state index contributed by atoms with van der Waals surface area (Å²) in [5.74, 6) is -0.0790. The predicted molar refractivity (Wildman–Crippen MR) is 138 cm³/mol. The molecule has 6 nitrogen and oxygen atoms in total. The highest BCUT2D eigenvalue weighted by molar-refractivity contribution is 8.00. The van der Waals surface area contributed by atoms with Crippen molar-refractivity contribution >= 4 is 46.6 Å². The van der Waals surface area contributed by atoms with E-state index in [2.05, 4.69) is 17.1 Å². The van der Waals surface area contributed by atoms with Crippen molar-refractivity contribution in [1.29, 1.82) is 10.5 Å². The monoisotopic (exact) mass is 491 g/mol. The average Bonchev–Trinajstić information content (AvgIpc) is 2.90. The maximum absolute atomic E-state index is 13.6. The minimum absolute atomic E-state index is 0.0327. The lowest BCUT2D eigenvalue weighted by Gasteiger charge is -2.31. The van der Waals surface area contributed by atoms with Gasteiger partial charge in [-0.1, -0.05) is 78.1 Å². The summed E-state index contributed by atoms with van der Waals surface area (Å²) in [5, 5.41) is 20.0. The number of anilines is 3. The molecular formula is C27H17N5OS2. The van der Waals surface area contributed by atoms with Crippen molar-refractivity contribution < 1.29 is 4.79 Å². The molecule has 168 valence electrons. The fourth-order valence-corrected chi connectivity index (χ4v) is 5.87. The van der Waals surface area contributed by atoms with Gasteiger partial charge in [0.2, 0.25) is 5.91 Å². The molecule has 3 aromatic carbocycles. The number of nitrogens with zero attached hydrogens (tertiary/aromatic N) is 4. The zero-order valence-corrected chi connectivity index (χ0v) is 19.9. The summed E-state index contributed by atoms with van der Waals surface area (Å²) in [5.41, 5.74) is 9.26. The molecule has 0 saturated heterocycles. The molecule has 8 heteroatoms. The Morgan fingerprint density at radius 2 is 1.46 bits per heavy atom. The quantitative estimate of drug-likeness (QED) is 0.349. The third-order valence-electron chi connectivity index (χ3n) is 5.49. The van der Waals surface area contributed by atoms with Crippen molar-refractivity contribution in [2.45, 2.75) is 14.8 Å². The molecule has 0 fully saturated rings. The first-order valence-electron chi connectivity index (χ1n) is 10.6. The molecule has 5 rings (SSSR count). The molecular weight excluding hydrogens is 474 g/mol. The van der Waals surface area contributed by atoms with Gasteiger partial charge in [-0.3, -0.25) is 9.69 Å². The maximum Gasteiger partial charge on any atom is 0.242 e. The highest BCUT2D eigenvalue weighted by Crippen LogP contribution is 2.48. The Kier molecular flexibility index (Phi) is 6.15. The van der Waals surface area contributed by atoms with Crippen LogP contribution >= 0.6 is 23.5 Å². The molecule has 35 heavy (non-hydrogen) atoms. The van der Waals surface area contributed by atoms with Gasteiger partial charge in [0.25, 0.3) is 0 Å². The number of benzene rings is 3. The lowest BCUT2D eigenvalue weighted by atomic mass is 9.97. The summed E-state index contributed by atoms with van der Waals surface area (Å²) >= 11 is 2.77. The van der Waals surface area contributed by atoms with E-state index >= 15 is 0 Å². The molecule has 0 atom stereocenters. The fourth-order valence-electron chi connectivity index (χ4n) is 3.96. The molecule has 4 aromatic rings. The van der Waals surface area contributed by atoms with Crippen LogP contribution in [0, 0.1) is 22.7 Å². The number of hydrogen-bond acceptors (Lipinski definition) is 7. The maximum atomic E-state index is 13.6. The van der Waals surface area contributed by atoms with E-state index in [-0.39, 0.29) is 28.6 Å². The van der Waals surface area contributed by atoms with Gasteiger partial charge in [-0.05, 0) is 29.8 Å². The van der Waals surface area contributed by atoms with Crippen LogP contribution in [0.4, 0.5) is 17.2 Å². The molecule has 1 aliphatic heterocycles. The summed E-state index contributed by atoms with van der Waals surface area (Å²) < 4.78 is 0. The number of pyridine rings is 1. The Hall–Kier alpha value is -4.24. The average molecular weight is 492 g/mol. The van der Waals surface area contributed by atoms with Gasteiger partial charge in [0.15, 0.2) is 0 Å². The van der Waals surface area contributed by atoms with Crippen LogP contribution in [0.1, 0.15) is 11.1 Å². The third kappa shape index (κ3) is 4.10. The van der Waals surface area contributed by atoms with Crippen LogP contribution in [0.3, 0.4) is 0 Å². The minimum atomic E-state index is -0.148. The molecule has 1 amide bonds. The zero-order chi connectivity index (χ0) is 24.4. The van der Waals surface area contributed by atoms with Gasteiger partial charge in [0, 0.05) is 15.4 Å². The molecule has 0 saturated carbocycles. The molecule has 0 aliphatic carbocycles. The SMILES string of the molecule is N#Cc1c(N)nc(SCC(=O)N2c3ccccc3Sc3ccccc32)c(C#N)c1-c1ccccc1. The minimum Gasteiger partial charge on any atom is -0.383 e. The van der Waals surface area contributed by atoms with E-state index < -0.39 is 0 Å². The summed E-state index contributed by atoms with van der Waals surface area (Å²) in [7, 11) is 0. The first-order chi connectivity index (χ1) is 17.1. The number of carbonyl (C=O) groups is 1. The predicted octanol–water partition coefficient (Wildman–Crippen LogP) is 6.00. The molecule has 0 spiro atoms. The van der Waals surface area contributed by atoms with Crippen LogP contribution in [0.5, 0.6) is 0 Å². The first kappa shape index (κ1) is 22.5. The van der Waals surface area contributed by atoms with E-state index in [1.807, 2.05) is 78.9 Å². The third-order valence-corrected chi connectivity index (χ3v) is 7.58. The van der Waals surface area contributed by atoms with E-state index in [1.54, 1.807) is 16.7 Å². The van der Waals surface area contributed by atoms with E-state index in [0.717, 1.165) is 32.9 Å². The van der Waals surface area contributed by atoms with Crippen molar-refractivity contribution in [2.24, 2.45) is 0 Å². The zero-order valence-electron chi connectivity index (χ0n) is 18.3. The number of amides is 1. The number of carbonyl (C=O) groups excluding carboxylic acids is 1. The summed E-state index contributed by atoms with van der Waals surface area (Å²) in [6.45, 7) is 0. The van der Waals surface area contributed by atoms with E-state index in [0.29, 0.717) is 16.2 Å². The smallest absolute Gasteiger partial charge is 0.242 e. The Morgan fingerprint density at radius 1 is 0.886 bits per heavy atom. The number of hydrogen-bond donors (Lipinski definition) is 1. The van der Waals surface area contributed by atoms with Crippen LogP contribution in [0.2, 0.25) is 0 Å². The largest absolute Gasteiger partial charge is 0.383 e. The normalized spacial score (nSPS) is 11.7. The molecule has 2 N–H and O–H groups in total. The Bertz CT molecular complexity index is 1490. The van der Waals surface area contributed by atoms with Crippen molar-refractivity contribution in [3.63, 3.8) is 0 Å². The Labute approximate surface area is 211 Å². The number of para-hydroxylation sites is 2. The topological polar surface area (TPSA) is 107 Å². The molecule has 0 bridgehead atoms. The molecule has 2 heterocycles. The highest BCUT2D eigenvalue weighted by Gasteiger charge is 2.28. The second-order valence-corrected chi connectivity index (χ2v) is 9.62. The van der Waals surface area contributed by atoms with Crippen LogP contribution in [0.25, 0.3) is 11.1 Å². The lowest BCUT2D eigenvalue weighted by Crippen LogP contribution is -2.30. The van der Waals surface area contributed by atoms with Gasteiger partial charge in [-0.2, -0.15) is 10.5 Å². The van der Waals surface area contributed by atoms with Gasteiger partial charge in [-0.15, -0.1) is 0 Å². The highest BCUT2D eigenvalue weighted by atomic mass is 32.2. The van der Waals surface area contributed by atoms with Crippen molar-refractivity contribution in [3.05, 3.63) is 90.0 Å². The van der Waals surface area contributed by atoms with E-state index in [9.17, 15) is 15.3 Å². The van der Waals surface area contributed by atoms with Crippen molar-refractivity contribution in [3.8, 4) is 23.3 Å². The number of aromatic nitrogens is 1. The van der Waals surface area contributed by atoms with E-state index in [1.165, 1.54) is 0 Å². The van der Waals surface area contributed by atoms with Gasteiger partial charge < -0.3 is 5.73 Å². The van der Waals surface area contributed by atoms with Crippen molar-refractivity contribution in [1.82, 2.24) is 4.98 Å². The number of thioether (sulfide) groups is 1. The van der Waals surface area contributed by atoms with Crippen molar-refractivity contribution in [2.75, 3.05) is 16.4 Å². The molecule has 1 aliphatic rings. The molecule has 1 aromatic heterocycles. The van der Waals surface area contributed by atoms with E-state index in [4.69, 9.17) is 5.73 Å². The molecule has 0 radical (unpaired) electrons. The first-order valence-corrected chi connectivity index (χ1v) is 12.4.